The standard InChI is InChI=1S/C16H23NO/c1-13-4-2-5-14(10-13)15-11-17-8-7-16(15)6-3-9-18-12-16/h2,4-5,10,15,17H,3,6-9,11-12H2,1H3. The smallest absolute Gasteiger partial charge is 0.0529 e. The summed E-state index contributed by atoms with van der Waals surface area (Å²) < 4.78 is 5.82. The minimum absolute atomic E-state index is 0.386. The highest BCUT2D eigenvalue weighted by Crippen LogP contribution is 2.46. The summed E-state index contributed by atoms with van der Waals surface area (Å²) in [6.07, 6.45) is 3.81. The van der Waals surface area contributed by atoms with E-state index in [2.05, 4.69) is 36.5 Å². The molecule has 2 nitrogen and oxygen atoms in total. The molecule has 18 heavy (non-hydrogen) atoms. The topological polar surface area (TPSA) is 21.3 Å². The van der Waals surface area contributed by atoms with Crippen molar-refractivity contribution in [1.29, 1.82) is 0 Å². The van der Waals surface area contributed by atoms with Crippen LogP contribution in [0.4, 0.5) is 0 Å². The molecule has 0 aromatic heterocycles. The van der Waals surface area contributed by atoms with Crippen LogP contribution in [0.2, 0.25) is 0 Å². The fourth-order valence-corrected chi connectivity index (χ4v) is 3.68. The first-order chi connectivity index (χ1) is 8.80. The molecule has 2 unspecified atom stereocenters. The van der Waals surface area contributed by atoms with Crippen molar-refractivity contribution in [2.24, 2.45) is 5.41 Å². The van der Waals surface area contributed by atoms with E-state index in [1.54, 1.807) is 0 Å². The quantitative estimate of drug-likeness (QED) is 0.821. The summed E-state index contributed by atoms with van der Waals surface area (Å²) in [4.78, 5) is 0. The Bertz CT molecular complexity index is 401. The highest BCUT2D eigenvalue weighted by Gasteiger charge is 2.42. The van der Waals surface area contributed by atoms with Crippen LogP contribution in [0.1, 0.15) is 36.3 Å². The van der Waals surface area contributed by atoms with Gasteiger partial charge in [-0.2, -0.15) is 0 Å². The van der Waals surface area contributed by atoms with Crippen molar-refractivity contribution >= 4 is 0 Å². The Morgan fingerprint density at radius 2 is 2.28 bits per heavy atom. The maximum atomic E-state index is 5.82. The highest BCUT2D eigenvalue weighted by molar-refractivity contribution is 5.28. The van der Waals surface area contributed by atoms with Gasteiger partial charge >= 0.3 is 0 Å². The van der Waals surface area contributed by atoms with Gasteiger partial charge in [-0.15, -0.1) is 0 Å². The molecule has 98 valence electrons. The molecule has 3 rings (SSSR count). The van der Waals surface area contributed by atoms with Crippen LogP contribution in [0.5, 0.6) is 0 Å². The zero-order chi connectivity index (χ0) is 12.4. The summed E-state index contributed by atoms with van der Waals surface area (Å²) >= 11 is 0. The molecule has 1 aromatic rings. The second-order valence-electron chi connectivity index (χ2n) is 5.94. The molecule has 1 aromatic carbocycles. The summed E-state index contributed by atoms with van der Waals surface area (Å²) in [6.45, 7) is 6.34. The summed E-state index contributed by atoms with van der Waals surface area (Å²) in [5, 5.41) is 3.57. The van der Waals surface area contributed by atoms with E-state index in [1.165, 1.54) is 30.4 Å². The van der Waals surface area contributed by atoms with E-state index in [1.807, 2.05) is 0 Å². The van der Waals surface area contributed by atoms with E-state index in [0.29, 0.717) is 11.3 Å². The molecule has 0 radical (unpaired) electrons. The van der Waals surface area contributed by atoms with Gasteiger partial charge in [-0.3, -0.25) is 0 Å². The monoisotopic (exact) mass is 245 g/mol. The third-order valence-corrected chi connectivity index (χ3v) is 4.68. The second kappa shape index (κ2) is 5.02. The molecule has 2 saturated heterocycles. The van der Waals surface area contributed by atoms with Crippen molar-refractivity contribution in [3.05, 3.63) is 35.4 Å². The van der Waals surface area contributed by atoms with Gasteiger partial charge in [-0.05, 0) is 38.3 Å². The molecule has 0 aliphatic carbocycles. The van der Waals surface area contributed by atoms with Gasteiger partial charge in [-0.25, -0.2) is 0 Å². The van der Waals surface area contributed by atoms with Crippen LogP contribution < -0.4 is 5.32 Å². The summed E-state index contributed by atoms with van der Waals surface area (Å²) in [5.74, 6) is 0.617. The molecule has 2 fully saturated rings. The molecule has 0 bridgehead atoms. The lowest BCUT2D eigenvalue weighted by atomic mass is 9.65. The van der Waals surface area contributed by atoms with Crippen LogP contribution >= 0.6 is 0 Å². The van der Waals surface area contributed by atoms with Crippen molar-refractivity contribution in [1.82, 2.24) is 5.32 Å². The van der Waals surface area contributed by atoms with E-state index in [0.717, 1.165) is 26.3 Å². The zero-order valence-corrected chi connectivity index (χ0v) is 11.2. The minimum atomic E-state index is 0.386. The normalized spacial score (nSPS) is 32.6. The fraction of sp³-hybridized carbons (Fsp3) is 0.625. The number of rotatable bonds is 1. The predicted molar refractivity (Wildman–Crippen MR) is 73.9 cm³/mol. The lowest BCUT2D eigenvalue weighted by Crippen LogP contribution is -2.48. The van der Waals surface area contributed by atoms with Crippen molar-refractivity contribution < 1.29 is 4.74 Å². The van der Waals surface area contributed by atoms with Crippen molar-refractivity contribution in [3.8, 4) is 0 Å². The molecule has 0 amide bonds. The average Bonchev–Trinajstić information content (AvgIpc) is 2.40. The van der Waals surface area contributed by atoms with E-state index in [-0.39, 0.29) is 0 Å². The summed E-state index contributed by atoms with van der Waals surface area (Å²) in [6, 6.07) is 9.02. The Labute approximate surface area is 110 Å². The molecule has 2 heterocycles. The van der Waals surface area contributed by atoms with Gasteiger partial charge in [0.1, 0.15) is 0 Å². The number of ether oxygens (including phenoxy) is 1. The van der Waals surface area contributed by atoms with Crippen molar-refractivity contribution in [2.45, 2.75) is 32.1 Å². The number of nitrogens with one attached hydrogen (secondary N) is 1. The lowest BCUT2D eigenvalue weighted by molar-refractivity contribution is -0.0369. The van der Waals surface area contributed by atoms with Crippen LogP contribution in [0.15, 0.2) is 24.3 Å². The van der Waals surface area contributed by atoms with Gasteiger partial charge in [0.25, 0.3) is 0 Å². The van der Waals surface area contributed by atoms with Gasteiger partial charge in [0.15, 0.2) is 0 Å². The molecule has 2 aliphatic heterocycles. The summed E-state index contributed by atoms with van der Waals surface area (Å²) in [7, 11) is 0. The van der Waals surface area contributed by atoms with Crippen LogP contribution in [0, 0.1) is 12.3 Å². The fourth-order valence-electron chi connectivity index (χ4n) is 3.68. The summed E-state index contributed by atoms with van der Waals surface area (Å²) in [5.41, 5.74) is 3.25. The first kappa shape index (κ1) is 12.2. The second-order valence-corrected chi connectivity index (χ2v) is 5.94. The van der Waals surface area contributed by atoms with Gasteiger partial charge in [0.2, 0.25) is 0 Å². The maximum Gasteiger partial charge on any atom is 0.0529 e. The van der Waals surface area contributed by atoms with Crippen molar-refractivity contribution in [3.63, 3.8) is 0 Å². The lowest BCUT2D eigenvalue weighted by Gasteiger charge is -2.47. The Morgan fingerprint density at radius 3 is 3.06 bits per heavy atom. The molecule has 2 heteroatoms. The number of benzene rings is 1. The molecule has 2 atom stereocenters. The van der Waals surface area contributed by atoms with Crippen LogP contribution in [-0.4, -0.2) is 26.3 Å². The Hall–Kier alpha value is -0.860. The molecular weight excluding hydrogens is 222 g/mol. The van der Waals surface area contributed by atoms with Gasteiger partial charge in [0, 0.05) is 24.5 Å². The predicted octanol–water partition coefficient (Wildman–Crippen LogP) is 2.87. The minimum Gasteiger partial charge on any atom is -0.381 e. The molecular formula is C16H23NO. The van der Waals surface area contributed by atoms with Gasteiger partial charge in [-0.1, -0.05) is 29.8 Å². The van der Waals surface area contributed by atoms with Crippen LogP contribution in [-0.2, 0) is 4.74 Å². The third kappa shape index (κ3) is 2.19. The first-order valence-corrected chi connectivity index (χ1v) is 7.15. The Kier molecular flexibility index (Phi) is 3.40. The van der Waals surface area contributed by atoms with Crippen molar-refractivity contribution in [2.75, 3.05) is 26.3 Å². The van der Waals surface area contributed by atoms with Crippen LogP contribution in [0.3, 0.4) is 0 Å². The zero-order valence-electron chi connectivity index (χ0n) is 11.2. The Balaban J connectivity index is 1.91. The highest BCUT2D eigenvalue weighted by atomic mass is 16.5. The number of hydrogen-bond donors (Lipinski definition) is 1. The molecule has 0 saturated carbocycles. The molecule has 1 spiro atoms. The largest absolute Gasteiger partial charge is 0.381 e. The molecule has 2 aliphatic rings. The number of hydrogen-bond acceptors (Lipinski definition) is 2. The SMILES string of the molecule is Cc1cccc(C2CNCCC23CCCOC3)c1. The van der Waals surface area contributed by atoms with E-state index >= 15 is 0 Å². The Morgan fingerprint density at radius 1 is 1.33 bits per heavy atom. The van der Waals surface area contributed by atoms with Crippen LogP contribution in [0.25, 0.3) is 0 Å². The number of piperidine rings is 1. The third-order valence-electron chi connectivity index (χ3n) is 4.68. The van der Waals surface area contributed by atoms with Gasteiger partial charge < -0.3 is 10.1 Å². The molecule has 1 N–H and O–H groups in total. The van der Waals surface area contributed by atoms with E-state index < -0.39 is 0 Å². The average molecular weight is 245 g/mol. The first-order valence-electron chi connectivity index (χ1n) is 7.15. The van der Waals surface area contributed by atoms with E-state index in [4.69, 9.17) is 4.74 Å². The van der Waals surface area contributed by atoms with E-state index in [9.17, 15) is 0 Å². The number of aryl methyl sites for hydroxylation is 1. The maximum absolute atomic E-state index is 5.82. The van der Waals surface area contributed by atoms with Gasteiger partial charge in [0.05, 0.1) is 6.61 Å².